The highest BCUT2D eigenvalue weighted by Crippen LogP contribution is 2.33. The molecule has 0 unspecified atom stereocenters. The second-order valence-corrected chi connectivity index (χ2v) is 5.28. The number of aliphatic hydroxyl groups excluding tert-OH is 1. The summed E-state index contributed by atoms with van der Waals surface area (Å²) in [6.07, 6.45) is 0. The van der Waals surface area contributed by atoms with Crippen molar-refractivity contribution in [3.8, 4) is 5.88 Å². The highest BCUT2D eigenvalue weighted by Gasteiger charge is 2.27. The van der Waals surface area contributed by atoms with E-state index in [4.69, 9.17) is 4.74 Å². The highest BCUT2D eigenvalue weighted by atomic mass is 16.5. The number of nitrogens with zero attached hydrogens (tertiary/aromatic N) is 2. The van der Waals surface area contributed by atoms with Crippen LogP contribution in [0.3, 0.4) is 0 Å². The molecule has 0 spiro atoms. The number of rotatable bonds is 3. The maximum atomic E-state index is 9.46. The molecule has 1 heterocycles. The van der Waals surface area contributed by atoms with Crippen molar-refractivity contribution in [2.24, 2.45) is 0 Å². The molecule has 0 fully saturated rings. The van der Waals surface area contributed by atoms with Gasteiger partial charge in [0, 0.05) is 5.41 Å². The van der Waals surface area contributed by atoms with Crippen molar-refractivity contribution in [1.82, 2.24) is 9.78 Å². The van der Waals surface area contributed by atoms with Gasteiger partial charge in [-0.15, -0.1) is 0 Å². The Hall–Kier alpha value is -1.03. The standard InChI is InChI=1S/C12H22N2O2/c1-8(2)14-11(16-6)9(7-15)10(13-14)12(3,4)5/h8,15H,7H2,1-6H3. The molecule has 1 rings (SSSR count). The molecule has 0 aliphatic carbocycles. The second kappa shape index (κ2) is 4.45. The van der Waals surface area contributed by atoms with E-state index in [9.17, 15) is 5.11 Å². The van der Waals surface area contributed by atoms with Crippen molar-refractivity contribution >= 4 is 0 Å². The summed E-state index contributed by atoms with van der Waals surface area (Å²) < 4.78 is 7.17. The van der Waals surface area contributed by atoms with E-state index in [2.05, 4.69) is 25.9 Å². The Bertz CT molecular complexity index is 362. The first-order valence-electron chi connectivity index (χ1n) is 5.59. The molecule has 0 saturated heterocycles. The number of aromatic nitrogens is 2. The van der Waals surface area contributed by atoms with Gasteiger partial charge in [0.25, 0.3) is 0 Å². The van der Waals surface area contributed by atoms with Crippen LogP contribution < -0.4 is 4.74 Å². The van der Waals surface area contributed by atoms with Gasteiger partial charge in [-0.05, 0) is 13.8 Å². The molecule has 0 atom stereocenters. The van der Waals surface area contributed by atoms with Crippen molar-refractivity contribution in [3.63, 3.8) is 0 Å². The van der Waals surface area contributed by atoms with E-state index < -0.39 is 0 Å². The van der Waals surface area contributed by atoms with Crippen LogP contribution in [-0.4, -0.2) is 22.0 Å². The topological polar surface area (TPSA) is 47.3 Å². The Morgan fingerprint density at radius 1 is 1.38 bits per heavy atom. The van der Waals surface area contributed by atoms with E-state index in [-0.39, 0.29) is 18.1 Å². The van der Waals surface area contributed by atoms with Gasteiger partial charge in [-0.25, -0.2) is 4.68 Å². The van der Waals surface area contributed by atoms with Crippen molar-refractivity contribution in [2.75, 3.05) is 7.11 Å². The van der Waals surface area contributed by atoms with Gasteiger partial charge in [-0.1, -0.05) is 20.8 Å². The minimum Gasteiger partial charge on any atom is -0.481 e. The fourth-order valence-electron chi connectivity index (χ4n) is 1.76. The Kier molecular flexibility index (Phi) is 3.63. The Morgan fingerprint density at radius 3 is 2.25 bits per heavy atom. The first-order valence-corrected chi connectivity index (χ1v) is 5.59. The number of ether oxygens (including phenoxy) is 1. The quantitative estimate of drug-likeness (QED) is 0.860. The zero-order chi connectivity index (χ0) is 12.5. The largest absolute Gasteiger partial charge is 0.481 e. The molecular weight excluding hydrogens is 204 g/mol. The average molecular weight is 226 g/mol. The summed E-state index contributed by atoms with van der Waals surface area (Å²) in [7, 11) is 1.61. The maximum absolute atomic E-state index is 9.46. The molecule has 0 aromatic carbocycles. The van der Waals surface area contributed by atoms with Gasteiger partial charge in [0.2, 0.25) is 5.88 Å². The molecule has 4 nitrogen and oxygen atoms in total. The molecule has 16 heavy (non-hydrogen) atoms. The van der Waals surface area contributed by atoms with Crippen LogP contribution in [0.5, 0.6) is 5.88 Å². The zero-order valence-corrected chi connectivity index (χ0v) is 11.0. The Balaban J connectivity index is 3.41. The van der Waals surface area contributed by atoms with Gasteiger partial charge in [-0.3, -0.25) is 0 Å². The fraction of sp³-hybridized carbons (Fsp3) is 0.750. The lowest BCUT2D eigenvalue weighted by Crippen LogP contribution is -2.15. The molecule has 1 aromatic heterocycles. The summed E-state index contributed by atoms with van der Waals surface area (Å²) >= 11 is 0. The van der Waals surface area contributed by atoms with Gasteiger partial charge < -0.3 is 9.84 Å². The van der Waals surface area contributed by atoms with Crippen LogP contribution >= 0.6 is 0 Å². The van der Waals surface area contributed by atoms with Gasteiger partial charge >= 0.3 is 0 Å². The van der Waals surface area contributed by atoms with Crippen LogP contribution in [0.1, 0.15) is 51.9 Å². The lowest BCUT2D eigenvalue weighted by Gasteiger charge is -2.16. The third-order valence-electron chi connectivity index (χ3n) is 2.51. The summed E-state index contributed by atoms with van der Waals surface area (Å²) in [6.45, 7) is 10.3. The van der Waals surface area contributed by atoms with E-state index in [0.29, 0.717) is 5.88 Å². The maximum Gasteiger partial charge on any atom is 0.217 e. The first kappa shape index (κ1) is 13.0. The molecule has 4 heteroatoms. The summed E-state index contributed by atoms with van der Waals surface area (Å²) in [5.41, 5.74) is 1.61. The third-order valence-corrected chi connectivity index (χ3v) is 2.51. The smallest absolute Gasteiger partial charge is 0.217 e. The molecule has 0 amide bonds. The van der Waals surface area contributed by atoms with Crippen LogP contribution in [0.15, 0.2) is 0 Å². The number of hydrogen-bond donors (Lipinski definition) is 1. The molecular formula is C12H22N2O2. The Morgan fingerprint density at radius 2 is 1.94 bits per heavy atom. The van der Waals surface area contributed by atoms with Gasteiger partial charge in [-0.2, -0.15) is 5.10 Å². The zero-order valence-electron chi connectivity index (χ0n) is 11.0. The Labute approximate surface area is 97.2 Å². The van der Waals surface area contributed by atoms with Gasteiger partial charge in [0.1, 0.15) is 0 Å². The SMILES string of the molecule is COc1c(CO)c(C(C)(C)C)nn1C(C)C. The van der Waals surface area contributed by atoms with Crippen LogP contribution in [0.2, 0.25) is 0 Å². The molecule has 0 radical (unpaired) electrons. The predicted octanol–water partition coefficient (Wildman–Crippen LogP) is 2.26. The molecule has 0 aliphatic rings. The van der Waals surface area contributed by atoms with E-state index in [0.717, 1.165) is 11.3 Å². The van der Waals surface area contributed by atoms with Crippen molar-refractivity contribution in [1.29, 1.82) is 0 Å². The highest BCUT2D eigenvalue weighted by molar-refractivity contribution is 5.35. The van der Waals surface area contributed by atoms with E-state index in [1.165, 1.54) is 0 Å². The third kappa shape index (κ3) is 2.21. The summed E-state index contributed by atoms with van der Waals surface area (Å²) in [6, 6.07) is 0.219. The fourth-order valence-corrected chi connectivity index (χ4v) is 1.76. The van der Waals surface area contributed by atoms with Crippen LogP contribution in [0, 0.1) is 0 Å². The van der Waals surface area contributed by atoms with Crippen LogP contribution in [0.4, 0.5) is 0 Å². The lowest BCUT2D eigenvalue weighted by molar-refractivity contribution is 0.266. The summed E-state index contributed by atoms with van der Waals surface area (Å²) in [4.78, 5) is 0. The summed E-state index contributed by atoms with van der Waals surface area (Å²) in [5, 5.41) is 14.0. The molecule has 0 aliphatic heterocycles. The summed E-state index contributed by atoms with van der Waals surface area (Å²) in [5.74, 6) is 0.669. The normalized spacial score (nSPS) is 12.2. The number of aliphatic hydroxyl groups is 1. The van der Waals surface area contributed by atoms with E-state index in [1.807, 2.05) is 18.5 Å². The molecule has 1 N–H and O–H groups in total. The van der Waals surface area contributed by atoms with Crippen LogP contribution in [0.25, 0.3) is 0 Å². The van der Waals surface area contributed by atoms with Crippen molar-refractivity contribution < 1.29 is 9.84 Å². The monoisotopic (exact) mass is 226 g/mol. The number of hydrogen-bond acceptors (Lipinski definition) is 3. The number of methoxy groups -OCH3 is 1. The molecule has 0 bridgehead atoms. The predicted molar refractivity (Wildman–Crippen MR) is 63.8 cm³/mol. The van der Waals surface area contributed by atoms with E-state index in [1.54, 1.807) is 7.11 Å². The van der Waals surface area contributed by atoms with Crippen molar-refractivity contribution in [2.45, 2.75) is 52.7 Å². The molecule has 1 aromatic rings. The molecule has 92 valence electrons. The van der Waals surface area contributed by atoms with Gasteiger partial charge in [0.15, 0.2) is 0 Å². The first-order chi connectivity index (χ1) is 7.32. The van der Waals surface area contributed by atoms with E-state index >= 15 is 0 Å². The second-order valence-electron chi connectivity index (χ2n) is 5.28. The lowest BCUT2D eigenvalue weighted by atomic mass is 9.89. The minimum absolute atomic E-state index is 0.0392. The minimum atomic E-state index is -0.0918. The van der Waals surface area contributed by atoms with Gasteiger partial charge in [0.05, 0.1) is 31.0 Å². The van der Waals surface area contributed by atoms with Crippen LogP contribution in [-0.2, 0) is 12.0 Å². The van der Waals surface area contributed by atoms with Crippen molar-refractivity contribution in [3.05, 3.63) is 11.3 Å². The molecule has 0 saturated carbocycles. The average Bonchev–Trinajstić information content (AvgIpc) is 2.54.